The third kappa shape index (κ3) is 4.49. The SMILES string of the molecule is CCCOc1c(Cl)cc(C(=O)NC(c2ccccc2)c2ccco2)cc1OC. The molecule has 0 saturated carbocycles. The van der Waals surface area contributed by atoms with Crippen molar-refractivity contribution in [3.63, 3.8) is 0 Å². The molecule has 0 aliphatic heterocycles. The summed E-state index contributed by atoms with van der Waals surface area (Å²) in [5, 5.41) is 3.33. The summed E-state index contributed by atoms with van der Waals surface area (Å²) in [6.07, 6.45) is 2.42. The highest BCUT2D eigenvalue weighted by Gasteiger charge is 2.22. The number of amides is 1. The Morgan fingerprint density at radius 2 is 1.96 bits per heavy atom. The summed E-state index contributed by atoms with van der Waals surface area (Å²) in [6, 6.07) is 16.0. The lowest BCUT2D eigenvalue weighted by molar-refractivity contribution is 0.0938. The van der Waals surface area contributed by atoms with Gasteiger partial charge >= 0.3 is 0 Å². The highest BCUT2D eigenvalue weighted by Crippen LogP contribution is 2.36. The normalized spacial score (nSPS) is 11.7. The minimum atomic E-state index is -0.426. The summed E-state index contributed by atoms with van der Waals surface area (Å²) in [5.74, 6) is 1.20. The topological polar surface area (TPSA) is 60.7 Å². The molecule has 0 radical (unpaired) electrons. The van der Waals surface area contributed by atoms with Crippen LogP contribution in [0.5, 0.6) is 11.5 Å². The van der Waals surface area contributed by atoms with Gasteiger partial charge in [0.05, 0.1) is 25.0 Å². The van der Waals surface area contributed by atoms with E-state index in [1.54, 1.807) is 24.5 Å². The second-order valence-corrected chi connectivity index (χ2v) is 6.58. The second-order valence-electron chi connectivity index (χ2n) is 6.17. The molecule has 0 saturated heterocycles. The van der Waals surface area contributed by atoms with Crippen molar-refractivity contribution in [1.29, 1.82) is 0 Å². The van der Waals surface area contributed by atoms with Gasteiger partial charge in [0.15, 0.2) is 11.5 Å². The number of furan rings is 1. The van der Waals surface area contributed by atoms with Crippen molar-refractivity contribution in [1.82, 2.24) is 5.32 Å². The van der Waals surface area contributed by atoms with E-state index in [9.17, 15) is 4.79 Å². The summed E-state index contributed by atoms with van der Waals surface area (Å²) in [7, 11) is 1.52. The van der Waals surface area contributed by atoms with E-state index >= 15 is 0 Å². The molecule has 3 aromatic rings. The first-order chi connectivity index (χ1) is 13.6. The smallest absolute Gasteiger partial charge is 0.252 e. The van der Waals surface area contributed by atoms with Gasteiger partial charge in [0.2, 0.25) is 0 Å². The number of nitrogens with one attached hydrogen (secondary N) is 1. The molecule has 0 bridgehead atoms. The van der Waals surface area contributed by atoms with Crippen LogP contribution in [0.2, 0.25) is 5.02 Å². The maximum absolute atomic E-state index is 13.0. The average Bonchev–Trinajstić information content (AvgIpc) is 3.25. The summed E-state index contributed by atoms with van der Waals surface area (Å²) < 4.78 is 16.5. The number of rotatable bonds is 8. The molecule has 6 heteroatoms. The standard InChI is InChI=1S/C22H22ClNO4/c1-3-11-28-21-17(23)13-16(14-19(21)26-2)22(25)24-20(18-10-7-12-27-18)15-8-5-4-6-9-15/h4-10,12-14,20H,3,11H2,1-2H3,(H,24,25). The third-order valence-electron chi connectivity index (χ3n) is 4.18. The Hall–Kier alpha value is -2.92. The van der Waals surface area contributed by atoms with Crippen LogP contribution in [-0.4, -0.2) is 19.6 Å². The van der Waals surface area contributed by atoms with Gasteiger partial charge in [-0.15, -0.1) is 0 Å². The van der Waals surface area contributed by atoms with Crippen molar-refractivity contribution in [2.75, 3.05) is 13.7 Å². The molecule has 5 nitrogen and oxygen atoms in total. The van der Waals surface area contributed by atoms with Crippen LogP contribution in [0.1, 0.15) is 41.1 Å². The van der Waals surface area contributed by atoms with Crippen molar-refractivity contribution in [2.45, 2.75) is 19.4 Å². The predicted octanol–water partition coefficient (Wildman–Crippen LogP) is 5.25. The van der Waals surface area contributed by atoms with E-state index in [0.29, 0.717) is 34.5 Å². The summed E-state index contributed by atoms with van der Waals surface area (Å²) in [4.78, 5) is 13.0. The zero-order valence-electron chi connectivity index (χ0n) is 15.8. The molecule has 0 aliphatic carbocycles. The van der Waals surface area contributed by atoms with E-state index in [4.69, 9.17) is 25.5 Å². The van der Waals surface area contributed by atoms with E-state index in [2.05, 4.69) is 5.32 Å². The Balaban J connectivity index is 1.89. The van der Waals surface area contributed by atoms with Gasteiger partial charge < -0.3 is 19.2 Å². The number of hydrogen-bond donors (Lipinski definition) is 1. The highest BCUT2D eigenvalue weighted by atomic mass is 35.5. The zero-order valence-corrected chi connectivity index (χ0v) is 16.5. The van der Waals surface area contributed by atoms with Crippen LogP contribution < -0.4 is 14.8 Å². The number of hydrogen-bond acceptors (Lipinski definition) is 4. The summed E-state index contributed by atoms with van der Waals surface area (Å²) in [6.45, 7) is 2.51. The number of carbonyl (C=O) groups excluding carboxylic acids is 1. The Morgan fingerprint density at radius 3 is 2.61 bits per heavy atom. The fraction of sp³-hybridized carbons (Fsp3) is 0.227. The van der Waals surface area contributed by atoms with Gasteiger partial charge in [-0.25, -0.2) is 0 Å². The van der Waals surface area contributed by atoms with Crippen molar-refractivity contribution in [3.8, 4) is 11.5 Å². The van der Waals surface area contributed by atoms with Gasteiger partial charge in [-0.05, 0) is 36.2 Å². The largest absolute Gasteiger partial charge is 0.493 e. The van der Waals surface area contributed by atoms with Crippen LogP contribution in [0.25, 0.3) is 0 Å². The van der Waals surface area contributed by atoms with E-state index in [-0.39, 0.29) is 5.91 Å². The van der Waals surface area contributed by atoms with E-state index in [1.165, 1.54) is 7.11 Å². The van der Waals surface area contributed by atoms with Crippen LogP contribution in [0, 0.1) is 0 Å². The lowest BCUT2D eigenvalue weighted by Gasteiger charge is -2.18. The first-order valence-corrected chi connectivity index (χ1v) is 9.41. The van der Waals surface area contributed by atoms with Crippen LogP contribution in [0.15, 0.2) is 65.3 Å². The van der Waals surface area contributed by atoms with Crippen molar-refractivity contribution in [2.24, 2.45) is 0 Å². The first kappa shape index (κ1) is 19.8. The molecule has 0 fully saturated rings. The molecule has 2 aromatic carbocycles. The Morgan fingerprint density at radius 1 is 1.18 bits per heavy atom. The van der Waals surface area contributed by atoms with E-state index in [0.717, 1.165) is 12.0 Å². The molecule has 146 valence electrons. The highest BCUT2D eigenvalue weighted by molar-refractivity contribution is 6.32. The van der Waals surface area contributed by atoms with Crippen molar-refractivity contribution in [3.05, 3.63) is 82.8 Å². The predicted molar refractivity (Wildman–Crippen MR) is 108 cm³/mol. The lowest BCUT2D eigenvalue weighted by Crippen LogP contribution is -2.29. The molecule has 1 unspecified atom stereocenters. The van der Waals surface area contributed by atoms with Gasteiger partial charge in [0.25, 0.3) is 5.91 Å². The van der Waals surface area contributed by atoms with E-state index in [1.807, 2.05) is 43.3 Å². The Kier molecular flexibility index (Phi) is 6.61. The van der Waals surface area contributed by atoms with Crippen molar-refractivity contribution >= 4 is 17.5 Å². The molecule has 3 rings (SSSR count). The van der Waals surface area contributed by atoms with Gasteiger partial charge in [0, 0.05) is 5.56 Å². The van der Waals surface area contributed by atoms with Crippen LogP contribution in [-0.2, 0) is 0 Å². The molecule has 28 heavy (non-hydrogen) atoms. The summed E-state index contributed by atoms with van der Waals surface area (Å²) in [5.41, 5.74) is 1.28. The number of methoxy groups -OCH3 is 1. The van der Waals surface area contributed by atoms with Crippen LogP contribution >= 0.6 is 11.6 Å². The number of carbonyl (C=O) groups is 1. The van der Waals surface area contributed by atoms with Gasteiger partial charge in [-0.3, -0.25) is 4.79 Å². The molecule has 0 aliphatic rings. The molecule has 1 atom stereocenters. The minimum Gasteiger partial charge on any atom is -0.493 e. The molecular weight excluding hydrogens is 378 g/mol. The fourth-order valence-corrected chi connectivity index (χ4v) is 3.09. The lowest BCUT2D eigenvalue weighted by atomic mass is 10.0. The van der Waals surface area contributed by atoms with Crippen molar-refractivity contribution < 1.29 is 18.7 Å². The molecule has 0 spiro atoms. The van der Waals surface area contributed by atoms with Gasteiger partial charge in [-0.2, -0.15) is 0 Å². The number of benzene rings is 2. The average molecular weight is 400 g/mol. The fourth-order valence-electron chi connectivity index (χ4n) is 2.83. The maximum atomic E-state index is 13.0. The first-order valence-electron chi connectivity index (χ1n) is 9.03. The second kappa shape index (κ2) is 9.33. The van der Waals surface area contributed by atoms with Gasteiger partial charge in [-0.1, -0.05) is 48.9 Å². The van der Waals surface area contributed by atoms with Crippen LogP contribution in [0.3, 0.4) is 0 Å². The molecule has 1 N–H and O–H groups in total. The minimum absolute atomic E-state index is 0.299. The van der Waals surface area contributed by atoms with E-state index < -0.39 is 6.04 Å². The third-order valence-corrected chi connectivity index (χ3v) is 4.46. The van der Waals surface area contributed by atoms with Crippen LogP contribution in [0.4, 0.5) is 0 Å². The molecular formula is C22H22ClNO4. The number of ether oxygens (including phenoxy) is 2. The zero-order chi connectivity index (χ0) is 19.9. The number of halogens is 1. The Bertz CT molecular complexity index is 910. The quantitative estimate of drug-likeness (QED) is 0.562. The maximum Gasteiger partial charge on any atom is 0.252 e. The Labute approximate surface area is 169 Å². The molecule has 1 amide bonds. The monoisotopic (exact) mass is 399 g/mol. The van der Waals surface area contributed by atoms with Gasteiger partial charge in [0.1, 0.15) is 11.8 Å². The molecule has 1 heterocycles. The summed E-state index contributed by atoms with van der Waals surface area (Å²) >= 11 is 6.34. The molecule has 1 aromatic heterocycles.